The highest BCUT2D eigenvalue weighted by atomic mass is 35.5. The van der Waals surface area contributed by atoms with Crippen molar-refractivity contribution < 1.29 is 19.5 Å². The normalized spacial score (nSPS) is 13.9. The molecule has 7 nitrogen and oxygen atoms in total. The fraction of sp³-hybridized carbons (Fsp3) is 0.190. The van der Waals surface area contributed by atoms with Gasteiger partial charge < -0.3 is 15.3 Å². The fourth-order valence-corrected chi connectivity index (χ4v) is 3.35. The van der Waals surface area contributed by atoms with Crippen LogP contribution >= 0.6 is 11.6 Å². The summed E-state index contributed by atoms with van der Waals surface area (Å²) >= 11 is 6.04. The molecule has 1 aliphatic rings. The number of benzene rings is 2. The highest BCUT2D eigenvalue weighted by Crippen LogP contribution is 2.35. The molecule has 29 heavy (non-hydrogen) atoms. The molecule has 2 aromatic carbocycles. The Morgan fingerprint density at radius 3 is 2.41 bits per heavy atom. The van der Waals surface area contributed by atoms with E-state index in [2.05, 4.69) is 5.32 Å². The summed E-state index contributed by atoms with van der Waals surface area (Å²) in [5.41, 5.74) is 1.89. The number of imide groups is 1. The van der Waals surface area contributed by atoms with E-state index < -0.39 is 11.8 Å². The highest BCUT2D eigenvalue weighted by Gasteiger charge is 2.41. The predicted molar refractivity (Wildman–Crippen MR) is 111 cm³/mol. The Bertz CT molecular complexity index is 1000. The van der Waals surface area contributed by atoms with Crippen LogP contribution in [0.3, 0.4) is 0 Å². The fourth-order valence-electron chi connectivity index (χ4n) is 3.17. The van der Waals surface area contributed by atoms with Crippen molar-refractivity contribution in [2.24, 2.45) is 0 Å². The van der Waals surface area contributed by atoms with Gasteiger partial charge in [-0.1, -0.05) is 29.8 Å². The number of carbonyl (C=O) groups excluding carboxylic acids is 3. The third kappa shape index (κ3) is 4.16. The van der Waals surface area contributed by atoms with Crippen molar-refractivity contribution in [1.82, 2.24) is 4.90 Å². The molecule has 0 bridgehead atoms. The second kappa shape index (κ2) is 8.46. The van der Waals surface area contributed by atoms with Crippen LogP contribution in [0.4, 0.5) is 11.4 Å². The average Bonchev–Trinajstić information content (AvgIpc) is 2.92. The zero-order chi connectivity index (χ0) is 21.1. The molecule has 8 heteroatoms. The topological polar surface area (TPSA) is 90.0 Å². The van der Waals surface area contributed by atoms with Crippen LogP contribution in [-0.2, 0) is 14.4 Å². The lowest BCUT2D eigenvalue weighted by Gasteiger charge is -2.20. The summed E-state index contributed by atoms with van der Waals surface area (Å²) in [5, 5.41) is 12.4. The van der Waals surface area contributed by atoms with E-state index in [9.17, 15) is 19.5 Å². The van der Waals surface area contributed by atoms with E-state index in [0.717, 1.165) is 4.90 Å². The molecule has 0 saturated heterocycles. The molecule has 2 aromatic rings. The molecule has 150 valence electrons. The van der Waals surface area contributed by atoms with Crippen LogP contribution in [0, 0.1) is 0 Å². The van der Waals surface area contributed by atoms with Crippen molar-refractivity contribution in [3.05, 3.63) is 64.8 Å². The molecule has 2 N–H and O–H groups in total. The number of carbonyl (C=O) groups is 3. The molecular formula is C21H20ClN3O4. The van der Waals surface area contributed by atoms with Gasteiger partial charge in [-0.15, -0.1) is 0 Å². The molecule has 0 fully saturated rings. The van der Waals surface area contributed by atoms with E-state index >= 15 is 0 Å². The van der Waals surface area contributed by atoms with E-state index in [1.54, 1.807) is 60.5 Å². The molecule has 0 atom stereocenters. The smallest absolute Gasteiger partial charge is 0.282 e. The van der Waals surface area contributed by atoms with Gasteiger partial charge in [0.25, 0.3) is 11.8 Å². The first-order chi connectivity index (χ1) is 13.8. The van der Waals surface area contributed by atoms with Crippen LogP contribution in [-0.4, -0.2) is 47.9 Å². The number of likely N-dealkylation sites (N-methyl/N-ethyl adjacent to an activating group) is 1. The molecule has 1 heterocycles. The number of hydrogen-bond acceptors (Lipinski definition) is 5. The number of nitrogens with one attached hydrogen (secondary N) is 1. The van der Waals surface area contributed by atoms with Gasteiger partial charge in [-0.2, -0.15) is 0 Å². The molecule has 0 radical (unpaired) electrons. The summed E-state index contributed by atoms with van der Waals surface area (Å²) in [7, 11) is 1.64. The number of aliphatic hydroxyl groups is 1. The number of rotatable bonds is 6. The summed E-state index contributed by atoms with van der Waals surface area (Å²) in [4.78, 5) is 40.3. The molecule has 0 saturated carbocycles. The Morgan fingerprint density at radius 2 is 1.83 bits per heavy atom. The number of amides is 3. The van der Waals surface area contributed by atoms with Gasteiger partial charge in [-0.25, -0.2) is 4.90 Å². The molecular weight excluding hydrogens is 394 g/mol. The minimum atomic E-state index is -0.492. The van der Waals surface area contributed by atoms with E-state index in [1.807, 2.05) is 0 Å². The summed E-state index contributed by atoms with van der Waals surface area (Å²) < 4.78 is 0. The van der Waals surface area contributed by atoms with E-state index in [0.29, 0.717) is 22.0 Å². The monoisotopic (exact) mass is 413 g/mol. The quantitative estimate of drug-likeness (QED) is 0.710. The van der Waals surface area contributed by atoms with Gasteiger partial charge in [0.15, 0.2) is 0 Å². The number of aliphatic hydroxyl groups excluding tert-OH is 1. The predicted octanol–water partition coefficient (Wildman–Crippen LogP) is 2.51. The van der Waals surface area contributed by atoms with Crippen molar-refractivity contribution in [3.8, 4) is 0 Å². The van der Waals surface area contributed by atoms with Crippen LogP contribution in [0.15, 0.2) is 54.2 Å². The van der Waals surface area contributed by atoms with Gasteiger partial charge in [0.05, 0.1) is 17.9 Å². The van der Waals surface area contributed by atoms with Crippen molar-refractivity contribution in [2.75, 3.05) is 30.4 Å². The van der Waals surface area contributed by atoms with Crippen LogP contribution in [0.25, 0.3) is 5.57 Å². The van der Waals surface area contributed by atoms with Gasteiger partial charge in [0, 0.05) is 31.2 Å². The maximum atomic E-state index is 13.3. The molecule has 0 spiro atoms. The summed E-state index contributed by atoms with van der Waals surface area (Å²) in [6.07, 6.45) is 0. The van der Waals surface area contributed by atoms with Crippen LogP contribution in [0.5, 0.6) is 0 Å². The SMILES string of the molecule is CC(=O)Nc1ccc(C2=C(N(C)CCO)C(=O)N(c3cccc(Cl)c3)C2=O)cc1. The summed E-state index contributed by atoms with van der Waals surface area (Å²) in [5.74, 6) is -1.18. The first-order valence-corrected chi connectivity index (χ1v) is 9.30. The number of nitrogens with zero attached hydrogens (tertiary/aromatic N) is 2. The van der Waals surface area contributed by atoms with Gasteiger partial charge >= 0.3 is 0 Å². The first-order valence-electron chi connectivity index (χ1n) is 8.92. The lowest BCUT2D eigenvalue weighted by Crippen LogP contribution is -2.34. The van der Waals surface area contributed by atoms with Crippen LogP contribution in [0.1, 0.15) is 12.5 Å². The lowest BCUT2D eigenvalue weighted by atomic mass is 10.0. The van der Waals surface area contributed by atoms with Crippen LogP contribution in [0.2, 0.25) is 5.02 Å². The summed E-state index contributed by atoms with van der Waals surface area (Å²) in [6.45, 7) is 1.42. The standard InChI is InChI=1S/C21H20ClN3O4/c1-13(27)23-16-8-6-14(7-9-16)18-19(24(2)10-11-26)21(29)25(20(18)28)17-5-3-4-15(22)12-17/h3-9,12,26H,10-11H2,1-2H3,(H,23,27). The maximum absolute atomic E-state index is 13.3. The Labute approximate surface area is 173 Å². The average molecular weight is 414 g/mol. The van der Waals surface area contributed by atoms with Crippen molar-refractivity contribution in [1.29, 1.82) is 0 Å². The van der Waals surface area contributed by atoms with Crippen molar-refractivity contribution in [3.63, 3.8) is 0 Å². The molecule has 3 amide bonds. The van der Waals surface area contributed by atoms with Gasteiger partial charge in [0.2, 0.25) is 5.91 Å². The number of halogens is 1. The largest absolute Gasteiger partial charge is 0.395 e. The maximum Gasteiger partial charge on any atom is 0.282 e. The molecule has 3 rings (SSSR count). The zero-order valence-corrected chi connectivity index (χ0v) is 16.7. The van der Waals surface area contributed by atoms with Crippen molar-refractivity contribution in [2.45, 2.75) is 6.92 Å². The zero-order valence-electron chi connectivity index (χ0n) is 16.0. The van der Waals surface area contributed by atoms with E-state index in [4.69, 9.17) is 11.6 Å². The molecule has 0 aromatic heterocycles. The van der Waals surface area contributed by atoms with Gasteiger partial charge in [0.1, 0.15) is 5.70 Å². The van der Waals surface area contributed by atoms with Gasteiger partial charge in [-0.05, 0) is 35.9 Å². The highest BCUT2D eigenvalue weighted by molar-refractivity contribution is 6.45. The lowest BCUT2D eigenvalue weighted by molar-refractivity contribution is -0.120. The third-order valence-corrected chi connectivity index (χ3v) is 4.67. The van der Waals surface area contributed by atoms with E-state index in [1.165, 1.54) is 6.92 Å². The second-order valence-electron chi connectivity index (χ2n) is 6.55. The minimum absolute atomic E-state index is 0.173. The van der Waals surface area contributed by atoms with Crippen LogP contribution < -0.4 is 10.2 Å². The summed E-state index contributed by atoms with van der Waals surface area (Å²) in [6, 6.07) is 13.2. The third-order valence-electron chi connectivity index (χ3n) is 4.44. The van der Waals surface area contributed by atoms with Gasteiger partial charge in [-0.3, -0.25) is 14.4 Å². The molecule has 0 unspecified atom stereocenters. The number of anilines is 2. The Morgan fingerprint density at radius 1 is 1.14 bits per heavy atom. The number of hydrogen-bond donors (Lipinski definition) is 2. The first kappa shape index (κ1) is 20.6. The Kier molecular flexibility index (Phi) is 6.00. The Balaban J connectivity index is 2.07. The van der Waals surface area contributed by atoms with Crippen molar-refractivity contribution >= 4 is 46.3 Å². The second-order valence-corrected chi connectivity index (χ2v) is 6.99. The molecule has 1 aliphatic heterocycles. The molecule has 0 aliphatic carbocycles. The Hall–Kier alpha value is -3.16. The minimum Gasteiger partial charge on any atom is -0.395 e. The van der Waals surface area contributed by atoms with E-state index in [-0.39, 0.29) is 30.3 Å².